The van der Waals surface area contributed by atoms with Crippen LogP contribution in [0.4, 0.5) is 5.69 Å². The first-order chi connectivity index (χ1) is 10.3. The first-order valence-electron chi connectivity index (χ1n) is 7.04. The second-order valence-electron chi connectivity index (χ2n) is 5.81. The molecule has 22 heavy (non-hydrogen) atoms. The van der Waals surface area contributed by atoms with Gasteiger partial charge in [0.25, 0.3) is 7.41 Å². The summed E-state index contributed by atoms with van der Waals surface area (Å²) in [5.74, 6) is 0.165. The maximum atomic E-state index is 11.9. The van der Waals surface area contributed by atoms with E-state index in [-0.39, 0.29) is 25.0 Å². The highest BCUT2D eigenvalue weighted by Crippen LogP contribution is 2.20. The van der Waals surface area contributed by atoms with Gasteiger partial charge in [-0.15, -0.1) is 0 Å². The number of carbonyl (C=O) groups excluding carboxylic acids is 2. The van der Waals surface area contributed by atoms with Gasteiger partial charge in [0.15, 0.2) is 0 Å². The predicted octanol–water partition coefficient (Wildman–Crippen LogP) is 1.15. The summed E-state index contributed by atoms with van der Waals surface area (Å²) in [4.78, 5) is 22.3. The topological polar surface area (TPSA) is 90.7 Å². The molecule has 119 valence electrons. The molecule has 0 fully saturated rings. The molecule has 0 saturated carbocycles. The number of anilines is 1. The van der Waals surface area contributed by atoms with Gasteiger partial charge in [-0.3, -0.25) is 4.79 Å². The van der Waals surface area contributed by atoms with E-state index >= 15 is 0 Å². The number of ether oxygens (including phenoxy) is 2. The zero-order chi connectivity index (χ0) is 16.6. The average Bonchev–Trinajstić information content (AvgIpc) is 2.41. The molecule has 7 heteroatoms. The molecule has 3 N–H and O–H groups in total. The van der Waals surface area contributed by atoms with Gasteiger partial charge in [0.05, 0.1) is 18.3 Å². The third-order valence-electron chi connectivity index (χ3n) is 2.59. The van der Waals surface area contributed by atoms with E-state index in [4.69, 9.17) is 15.2 Å². The Morgan fingerprint density at radius 2 is 2.09 bits per heavy atom. The van der Waals surface area contributed by atoms with Crippen LogP contribution in [0, 0.1) is 0 Å². The highest BCUT2D eigenvalue weighted by Gasteiger charge is 2.21. The number of nitrogen functional groups attached to an aromatic ring is 1. The van der Waals surface area contributed by atoms with Crippen molar-refractivity contribution in [1.29, 1.82) is 0 Å². The van der Waals surface area contributed by atoms with E-state index in [0.717, 1.165) is 0 Å². The van der Waals surface area contributed by atoms with Crippen LogP contribution in [-0.4, -0.2) is 37.8 Å². The van der Waals surface area contributed by atoms with E-state index in [1.807, 2.05) is 0 Å². The highest BCUT2D eigenvalue weighted by atomic mass is 16.6. The van der Waals surface area contributed by atoms with Crippen LogP contribution in [0.3, 0.4) is 0 Å². The van der Waals surface area contributed by atoms with E-state index in [1.54, 1.807) is 45.0 Å². The van der Waals surface area contributed by atoms with Gasteiger partial charge in [-0.05, 0) is 32.9 Å². The summed E-state index contributed by atoms with van der Waals surface area (Å²) >= 11 is 0. The molecule has 6 nitrogen and oxygen atoms in total. The fraction of sp³-hybridized carbons (Fsp3) is 0.467. The zero-order valence-electron chi connectivity index (χ0n) is 13.2. The van der Waals surface area contributed by atoms with Gasteiger partial charge in [0.2, 0.25) is 0 Å². The van der Waals surface area contributed by atoms with Crippen molar-refractivity contribution in [3.8, 4) is 5.75 Å². The molecule has 0 bridgehead atoms. The minimum Gasteiger partial charge on any atom is -0.490 e. The Morgan fingerprint density at radius 1 is 1.41 bits per heavy atom. The molecule has 1 rings (SSSR count). The SMILES string of the molecule is CC(C)(C)OC(=O)C[C@@H](COc1ccccc1N)N[B]C=O. The lowest BCUT2D eigenvalue weighted by atomic mass is 9.96. The number of nitrogens with two attached hydrogens (primary N) is 1. The number of benzene rings is 1. The van der Waals surface area contributed by atoms with E-state index in [1.165, 1.54) is 7.41 Å². The van der Waals surface area contributed by atoms with Crippen LogP contribution in [0.25, 0.3) is 0 Å². The lowest BCUT2D eigenvalue weighted by molar-refractivity contribution is -0.155. The zero-order valence-corrected chi connectivity index (χ0v) is 13.2. The van der Waals surface area contributed by atoms with Gasteiger partial charge < -0.3 is 25.2 Å². The third-order valence-corrected chi connectivity index (χ3v) is 2.59. The maximum absolute atomic E-state index is 11.9. The first-order valence-corrected chi connectivity index (χ1v) is 7.04. The monoisotopic (exact) mass is 305 g/mol. The second-order valence-corrected chi connectivity index (χ2v) is 5.81. The highest BCUT2D eigenvalue weighted by molar-refractivity contribution is 6.64. The molecule has 1 aromatic rings. The minimum atomic E-state index is -0.555. The molecular formula is C15H22BN2O4. The number of carbonyl (C=O) groups is 2. The number of hydrogen-bond donors (Lipinski definition) is 2. The number of para-hydroxylation sites is 2. The second kappa shape index (κ2) is 8.43. The van der Waals surface area contributed by atoms with Crippen LogP contribution in [-0.2, 0) is 14.3 Å². The van der Waals surface area contributed by atoms with Crippen molar-refractivity contribution in [3.63, 3.8) is 0 Å². The summed E-state index contributed by atoms with van der Waals surface area (Å²) in [5.41, 5.74) is 5.75. The lowest BCUT2D eigenvalue weighted by Gasteiger charge is -2.23. The Balaban J connectivity index is 2.58. The molecule has 0 heterocycles. The first kappa shape index (κ1) is 18.0. The van der Waals surface area contributed by atoms with Crippen molar-refractivity contribution >= 4 is 25.3 Å². The van der Waals surface area contributed by atoms with Crippen LogP contribution in [0.2, 0.25) is 0 Å². The lowest BCUT2D eigenvalue weighted by Crippen LogP contribution is -2.41. The van der Waals surface area contributed by atoms with Gasteiger partial charge in [-0.2, -0.15) is 0 Å². The summed E-state index contributed by atoms with van der Waals surface area (Å²) in [5, 5.41) is 2.82. The molecular weight excluding hydrogens is 283 g/mol. The molecule has 0 aliphatic carbocycles. The fourth-order valence-electron chi connectivity index (χ4n) is 1.73. The Morgan fingerprint density at radius 3 is 2.68 bits per heavy atom. The minimum absolute atomic E-state index is 0.0777. The average molecular weight is 305 g/mol. The standard InChI is InChI=1S/C15H22BN2O4/c1-15(2,3)22-14(20)8-11(18-16-10-19)9-21-13-7-5-4-6-12(13)17/h4-7,10-11,18H,8-9,17H2,1-3H3/t11-/m0/s1. The van der Waals surface area contributed by atoms with Crippen molar-refractivity contribution < 1.29 is 19.1 Å². The molecule has 0 aliphatic heterocycles. The summed E-state index contributed by atoms with van der Waals surface area (Å²) < 4.78 is 10.9. The van der Waals surface area contributed by atoms with Gasteiger partial charge >= 0.3 is 5.97 Å². The summed E-state index contributed by atoms with van der Waals surface area (Å²) in [6.45, 7) is 5.57. The van der Waals surface area contributed by atoms with E-state index < -0.39 is 5.60 Å². The van der Waals surface area contributed by atoms with Gasteiger partial charge in [0.1, 0.15) is 18.0 Å². The third kappa shape index (κ3) is 7.13. The fourth-order valence-corrected chi connectivity index (χ4v) is 1.73. The maximum Gasteiger partial charge on any atom is 0.307 e. The molecule has 0 spiro atoms. The number of hydrogen-bond acceptors (Lipinski definition) is 6. The van der Waals surface area contributed by atoms with Crippen molar-refractivity contribution in [2.75, 3.05) is 12.3 Å². The smallest absolute Gasteiger partial charge is 0.307 e. The normalized spacial score (nSPS) is 12.3. The predicted molar refractivity (Wildman–Crippen MR) is 86.2 cm³/mol. The van der Waals surface area contributed by atoms with Crippen LogP contribution in [0.5, 0.6) is 5.75 Å². The molecule has 1 aromatic carbocycles. The molecule has 0 aromatic heterocycles. The summed E-state index contributed by atoms with van der Waals surface area (Å²) in [6, 6.07) is 6.69. The number of nitrogens with one attached hydrogen (secondary N) is 1. The van der Waals surface area contributed by atoms with E-state index in [9.17, 15) is 9.59 Å². The van der Waals surface area contributed by atoms with Crippen molar-refractivity contribution in [1.82, 2.24) is 5.23 Å². The molecule has 0 aliphatic rings. The molecule has 0 unspecified atom stereocenters. The molecule has 0 saturated heterocycles. The molecule has 1 atom stereocenters. The van der Waals surface area contributed by atoms with Crippen LogP contribution in [0.1, 0.15) is 27.2 Å². The largest absolute Gasteiger partial charge is 0.490 e. The van der Waals surface area contributed by atoms with Crippen molar-refractivity contribution in [3.05, 3.63) is 24.3 Å². The Bertz CT molecular complexity index is 503. The van der Waals surface area contributed by atoms with Crippen LogP contribution >= 0.6 is 0 Å². The van der Waals surface area contributed by atoms with Gasteiger partial charge in [-0.1, -0.05) is 12.1 Å². The van der Waals surface area contributed by atoms with Crippen LogP contribution in [0.15, 0.2) is 24.3 Å². The number of rotatable bonds is 8. The van der Waals surface area contributed by atoms with Gasteiger partial charge in [0, 0.05) is 6.04 Å². The van der Waals surface area contributed by atoms with Crippen LogP contribution < -0.4 is 15.7 Å². The quantitative estimate of drug-likeness (QED) is 0.324. The summed E-state index contributed by atoms with van der Waals surface area (Å²) in [6.07, 6.45) is 0.688. The Kier molecular flexibility index (Phi) is 6.91. The van der Waals surface area contributed by atoms with Crippen molar-refractivity contribution in [2.45, 2.75) is 38.8 Å². The molecule has 1 radical (unpaired) electrons. The van der Waals surface area contributed by atoms with E-state index in [0.29, 0.717) is 17.6 Å². The Hall–Kier alpha value is -2.02. The van der Waals surface area contributed by atoms with Crippen molar-refractivity contribution in [2.24, 2.45) is 0 Å². The number of esters is 1. The molecule has 0 amide bonds. The van der Waals surface area contributed by atoms with Gasteiger partial charge in [-0.25, -0.2) is 0 Å². The van der Waals surface area contributed by atoms with E-state index in [2.05, 4.69) is 5.23 Å². The Labute approximate surface area is 131 Å². The summed E-state index contributed by atoms with van der Waals surface area (Å²) in [7, 11) is 1.23.